The summed E-state index contributed by atoms with van der Waals surface area (Å²) in [6.07, 6.45) is 0. The van der Waals surface area contributed by atoms with Crippen LogP contribution >= 0.6 is 0 Å². The summed E-state index contributed by atoms with van der Waals surface area (Å²) >= 11 is 0. The maximum absolute atomic E-state index is 13.2. The Morgan fingerprint density at radius 2 is 1.63 bits per heavy atom. The van der Waals surface area contributed by atoms with Gasteiger partial charge in [-0.15, -0.1) is 0 Å². The Morgan fingerprint density at radius 1 is 0.926 bits per heavy atom. The molecule has 0 aliphatic carbocycles. The van der Waals surface area contributed by atoms with Gasteiger partial charge in [0.1, 0.15) is 5.82 Å². The van der Waals surface area contributed by atoms with Gasteiger partial charge in [-0.25, -0.2) is 12.8 Å². The molecule has 0 saturated carbocycles. The van der Waals surface area contributed by atoms with E-state index in [1.807, 2.05) is 19.1 Å². The minimum Gasteiger partial charge on any atom is -0.322 e. The highest BCUT2D eigenvalue weighted by Gasteiger charge is 2.15. The summed E-state index contributed by atoms with van der Waals surface area (Å²) in [5, 5.41) is 2.60. The number of hydrogen-bond donors (Lipinski definition) is 2. The van der Waals surface area contributed by atoms with Gasteiger partial charge >= 0.3 is 0 Å². The maximum Gasteiger partial charge on any atom is 0.261 e. The number of carbonyl (C=O) groups is 1. The number of aryl methyl sites for hydroxylation is 1. The second kappa shape index (κ2) is 7.59. The normalized spacial score (nSPS) is 11.0. The van der Waals surface area contributed by atoms with Crippen molar-refractivity contribution in [3.63, 3.8) is 0 Å². The Balaban J connectivity index is 1.75. The van der Waals surface area contributed by atoms with E-state index in [-0.39, 0.29) is 10.5 Å². The zero-order valence-corrected chi connectivity index (χ0v) is 15.3. The summed E-state index contributed by atoms with van der Waals surface area (Å²) in [5.41, 5.74) is 1.88. The van der Waals surface area contributed by atoms with Crippen LogP contribution in [0.4, 0.5) is 15.8 Å². The van der Waals surface area contributed by atoms with Crippen molar-refractivity contribution in [3.05, 3.63) is 89.7 Å². The predicted octanol–water partition coefficient (Wildman–Crippen LogP) is 4.19. The first kappa shape index (κ1) is 18.6. The van der Waals surface area contributed by atoms with Gasteiger partial charge in [0.05, 0.1) is 10.6 Å². The lowest BCUT2D eigenvalue weighted by atomic mass is 10.2. The first-order valence-corrected chi connectivity index (χ1v) is 9.59. The van der Waals surface area contributed by atoms with Crippen molar-refractivity contribution in [1.29, 1.82) is 0 Å². The van der Waals surface area contributed by atoms with Gasteiger partial charge in [0.25, 0.3) is 15.9 Å². The summed E-state index contributed by atoms with van der Waals surface area (Å²) in [6.45, 7) is 1.81. The van der Waals surface area contributed by atoms with E-state index in [0.717, 1.165) is 11.6 Å². The van der Waals surface area contributed by atoms with E-state index in [1.165, 1.54) is 42.5 Å². The molecule has 3 aromatic carbocycles. The molecule has 0 heterocycles. The number of amides is 1. The van der Waals surface area contributed by atoms with Gasteiger partial charge in [0.2, 0.25) is 0 Å². The van der Waals surface area contributed by atoms with Crippen LogP contribution in [0.2, 0.25) is 0 Å². The number of anilines is 2. The Kier molecular flexibility index (Phi) is 5.23. The van der Waals surface area contributed by atoms with E-state index >= 15 is 0 Å². The third-order valence-corrected chi connectivity index (χ3v) is 5.28. The van der Waals surface area contributed by atoms with Crippen molar-refractivity contribution in [2.75, 3.05) is 10.0 Å². The minimum atomic E-state index is -3.75. The van der Waals surface area contributed by atoms with Crippen LogP contribution in [-0.2, 0) is 10.0 Å². The molecule has 0 fully saturated rings. The fourth-order valence-electron chi connectivity index (χ4n) is 2.44. The Hall–Kier alpha value is -3.19. The molecule has 0 unspecified atom stereocenters. The van der Waals surface area contributed by atoms with E-state index in [0.29, 0.717) is 11.4 Å². The molecule has 0 aromatic heterocycles. The topological polar surface area (TPSA) is 75.3 Å². The van der Waals surface area contributed by atoms with Crippen LogP contribution in [0.25, 0.3) is 0 Å². The molecule has 2 N–H and O–H groups in total. The van der Waals surface area contributed by atoms with E-state index in [9.17, 15) is 17.6 Å². The first-order chi connectivity index (χ1) is 12.8. The Bertz CT molecular complexity index is 1080. The number of benzene rings is 3. The second-order valence-corrected chi connectivity index (χ2v) is 7.59. The van der Waals surface area contributed by atoms with Gasteiger partial charge in [-0.2, -0.15) is 0 Å². The largest absolute Gasteiger partial charge is 0.322 e. The molecule has 0 aliphatic heterocycles. The summed E-state index contributed by atoms with van der Waals surface area (Å²) in [5.74, 6) is -0.991. The van der Waals surface area contributed by atoms with Crippen molar-refractivity contribution < 1.29 is 17.6 Å². The molecule has 0 radical (unpaired) electrons. The average molecular weight is 384 g/mol. The third-order valence-electron chi connectivity index (χ3n) is 3.90. The van der Waals surface area contributed by atoms with Gasteiger partial charge in [0, 0.05) is 11.3 Å². The highest BCUT2D eigenvalue weighted by molar-refractivity contribution is 7.92. The lowest BCUT2D eigenvalue weighted by Gasteiger charge is -2.11. The van der Waals surface area contributed by atoms with Gasteiger partial charge in [-0.05, 0) is 61.0 Å². The molecule has 0 saturated heterocycles. The zero-order chi connectivity index (χ0) is 19.4. The Labute approximate surface area is 156 Å². The molecule has 0 bridgehead atoms. The molecule has 0 aliphatic rings. The monoisotopic (exact) mass is 384 g/mol. The molecule has 3 rings (SSSR count). The zero-order valence-electron chi connectivity index (χ0n) is 14.4. The number of rotatable bonds is 5. The SMILES string of the molecule is Cc1ccccc1NS(=O)(=O)c1ccc(NC(=O)c2cccc(F)c2)cc1. The molecule has 7 heteroatoms. The summed E-state index contributed by atoms with van der Waals surface area (Å²) in [4.78, 5) is 12.2. The number of nitrogens with one attached hydrogen (secondary N) is 2. The van der Waals surface area contributed by atoms with Crippen LogP contribution in [0.15, 0.2) is 77.7 Å². The molecule has 0 atom stereocenters. The number of sulfonamides is 1. The maximum atomic E-state index is 13.2. The lowest BCUT2D eigenvalue weighted by Crippen LogP contribution is -2.14. The van der Waals surface area contributed by atoms with Crippen molar-refractivity contribution in [2.45, 2.75) is 11.8 Å². The van der Waals surface area contributed by atoms with Crippen LogP contribution < -0.4 is 10.0 Å². The molecule has 27 heavy (non-hydrogen) atoms. The van der Waals surface area contributed by atoms with Crippen LogP contribution in [0.3, 0.4) is 0 Å². The second-order valence-electron chi connectivity index (χ2n) is 5.91. The van der Waals surface area contributed by atoms with E-state index in [4.69, 9.17) is 0 Å². The van der Waals surface area contributed by atoms with E-state index in [1.54, 1.807) is 12.1 Å². The number of halogens is 1. The lowest BCUT2D eigenvalue weighted by molar-refractivity contribution is 0.102. The molecular weight excluding hydrogens is 367 g/mol. The fourth-order valence-corrected chi connectivity index (χ4v) is 3.57. The molecule has 0 spiro atoms. The Morgan fingerprint density at radius 3 is 2.30 bits per heavy atom. The van der Waals surface area contributed by atoms with Crippen LogP contribution in [0, 0.1) is 12.7 Å². The van der Waals surface area contributed by atoms with Crippen LogP contribution in [0.5, 0.6) is 0 Å². The van der Waals surface area contributed by atoms with Gasteiger partial charge in [-0.3, -0.25) is 9.52 Å². The standard InChI is InChI=1S/C20H17FN2O3S/c1-14-5-2-3-8-19(14)23-27(25,26)18-11-9-17(10-12-18)22-20(24)15-6-4-7-16(21)13-15/h2-13,23H,1H3,(H,22,24). The molecule has 3 aromatic rings. The average Bonchev–Trinajstić information content (AvgIpc) is 2.64. The highest BCUT2D eigenvalue weighted by atomic mass is 32.2. The molecular formula is C20H17FN2O3S. The molecule has 138 valence electrons. The van der Waals surface area contributed by atoms with Crippen molar-refractivity contribution >= 4 is 27.3 Å². The molecule has 1 amide bonds. The summed E-state index contributed by atoms with van der Waals surface area (Å²) < 4.78 is 40.8. The van der Waals surface area contributed by atoms with Gasteiger partial charge < -0.3 is 5.32 Å². The number of hydrogen-bond acceptors (Lipinski definition) is 3. The number of para-hydroxylation sites is 1. The smallest absolute Gasteiger partial charge is 0.261 e. The van der Waals surface area contributed by atoms with Crippen molar-refractivity contribution in [1.82, 2.24) is 0 Å². The number of carbonyl (C=O) groups excluding carboxylic acids is 1. The first-order valence-electron chi connectivity index (χ1n) is 8.10. The van der Waals surface area contributed by atoms with Gasteiger partial charge in [0.15, 0.2) is 0 Å². The van der Waals surface area contributed by atoms with Gasteiger partial charge in [-0.1, -0.05) is 24.3 Å². The van der Waals surface area contributed by atoms with Crippen molar-refractivity contribution in [3.8, 4) is 0 Å². The quantitative estimate of drug-likeness (QED) is 0.693. The fraction of sp³-hybridized carbons (Fsp3) is 0.0500. The third kappa shape index (κ3) is 4.51. The predicted molar refractivity (Wildman–Crippen MR) is 103 cm³/mol. The molecule has 5 nitrogen and oxygen atoms in total. The van der Waals surface area contributed by atoms with Crippen LogP contribution in [0.1, 0.15) is 15.9 Å². The minimum absolute atomic E-state index is 0.0644. The van der Waals surface area contributed by atoms with Crippen molar-refractivity contribution in [2.24, 2.45) is 0 Å². The van der Waals surface area contributed by atoms with E-state index in [2.05, 4.69) is 10.0 Å². The summed E-state index contributed by atoms with van der Waals surface area (Å²) in [6, 6.07) is 18.1. The summed E-state index contributed by atoms with van der Waals surface area (Å²) in [7, 11) is -3.75. The van der Waals surface area contributed by atoms with E-state index < -0.39 is 21.7 Å². The highest BCUT2D eigenvalue weighted by Crippen LogP contribution is 2.21. The van der Waals surface area contributed by atoms with Crippen LogP contribution in [-0.4, -0.2) is 14.3 Å².